The highest BCUT2D eigenvalue weighted by molar-refractivity contribution is 7.94. The first kappa shape index (κ1) is 16.5. The van der Waals surface area contributed by atoms with E-state index in [-0.39, 0.29) is 5.56 Å². The van der Waals surface area contributed by atoms with E-state index in [0.29, 0.717) is 10.6 Å². The molecule has 0 aliphatic carbocycles. The van der Waals surface area contributed by atoms with Crippen molar-refractivity contribution in [3.05, 3.63) is 65.6 Å². The van der Waals surface area contributed by atoms with Gasteiger partial charge >= 0.3 is 6.18 Å². The molecule has 0 fully saturated rings. The molecule has 0 radical (unpaired) electrons. The summed E-state index contributed by atoms with van der Waals surface area (Å²) in [5.74, 6) is 0.453. The Morgan fingerprint density at radius 3 is 2.14 bits per heavy atom. The molecule has 2 nitrogen and oxygen atoms in total. The third-order valence-electron chi connectivity index (χ3n) is 2.91. The molecule has 0 aliphatic heterocycles. The van der Waals surface area contributed by atoms with Gasteiger partial charge in [-0.1, -0.05) is 30.3 Å². The van der Waals surface area contributed by atoms with Gasteiger partial charge in [-0.05, 0) is 29.8 Å². The topological polar surface area (TPSA) is 32.3 Å². The Hall–Kier alpha value is -1.92. The summed E-state index contributed by atoms with van der Waals surface area (Å²) in [6, 6.07) is 13.5. The van der Waals surface area contributed by atoms with E-state index in [1.54, 1.807) is 18.2 Å². The van der Waals surface area contributed by atoms with Crippen LogP contribution in [0.1, 0.15) is 5.56 Å². The van der Waals surface area contributed by atoms with E-state index in [0.717, 1.165) is 5.41 Å². The summed E-state index contributed by atoms with van der Waals surface area (Å²) in [4.78, 5) is 0.317. The minimum atomic E-state index is -4.60. The summed E-state index contributed by atoms with van der Waals surface area (Å²) >= 11 is -1.88. The van der Waals surface area contributed by atoms with Crippen LogP contribution in [0.25, 0.3) is 5.57 Å². The zero-order valence-electron chi connectivity index (χ0n) is 11.6. The van der Waals surface area contributed by atoms with Crippen molar-refractivity contribution in [2.24, 2.45) is 0 Å². The normalized spacial score (nSPS) is 13.8. The Morgan fingerprint density at radius 1 is 1.05 bits per heavy atom. The molecule has 1 atom stereocenters. The molecule has 0 spiro atoms. The van der Waals surface area contributed by atoms with Gasteiger partial charge in [0.1, 0.15) is 16.7 Å². The van der Waals surface area contributed by atoms with Crippen molar-refractivity contribution in [1.82, 2.24) is 0 Å². The van der Waals surface area contributed by atoms with Gasteiger partial charge in [0.05, 0.1) is 7.11 Å². The van der Waals surface area contributed by atoms with Crippen molar-refractivity contribution in [2.45, 2.75) is 11.1 Å². The second-order valence-corrected chi connectivity index (χ2v) is 5.67. The lowest BCUT2D eigenvalue weighted by Crippen LogP contribution is -2.13. The molecule has 1 unspecified atom stereocenters. The van der Waals surface area contributed by atoms with Crippen LogP contribution in [-0.2, 0) is 11.2 Å². The quantitative estimate of drug-likeness (QED) is 0.780. The summed E-state index contributed by atoms with van der Waals surface area (Å²) in [7, 11) is 1.43. The number of methoxy groups -OCH3 is 1. The standard InChI is InChI=1S/C16H13F3O2S/c1-21-13-9-7-12(8-10-13)15(16(17,18)19)11-22(20)14-5-3-2-4-6-14/h2-11H,1H3/b15-11-. The van der Waals surface area contributed by atoms with Crippen molar-refractivity contribution in [3.8, 4) is 5.75 Å². The minimum Gasteiger partial charge on any atom is -0.607 e. The van der Waals surface area contributed by atoms with Gasteiger partial charge in [0.25, 0.3) is 0 Å². The number of halogens is 3. The lowest BCUT2D eigenvalue weighted by molar-refractivity contribution is -0.0688. The molecule has 6 heteroatoms. The smallest absolute Gasteiger partial charge is 0.421 e. The van der Waals surface area contributed by atoms with Crippen molar-refractivity contribution in [1.29, 1.82) is 0 Å². The van der Waals surface area contributed by atoms with E-state index in [9.17, 15) is 17.7 Å². The van der Waals surface area contributed by atoms with E-state index in [4.69, 9.17) is 4.74 Å². The highest BCUT2D eigenvalue weighted by Gasteiger charge is 2.37. The van der Waals surface area contributed by atoms with E-state index < -0.39 is 22.9 Å². The van der Waals surface area contributed by atoms with Crippen LogP contribution >= 0.6 is 0 Å². The zero-order chi connectivity index (χ0) is 16.2. The van der Waals surface area contributed by atoms with Gasteiger partial charge in [0.15, 0.2) is 4.90 Å². The summed E-state index contributed by atoms with van der Waals surface area (Å²) in [6.07, 6.45) is -4.60. The number of benzene rings is 2. The lowest BCUT2D eigenvalue weighted by atomic mass is 10.1. The fourth-order valence-electron chi connectivity index (χ4n) is 1.80. The van der Waals surface area contributed by atoms with Crippen molar-refractivity contribution < 1.29 is 22.5 Å². The highest BCUT2D eigenvalue weighted by atomic mass is 32.2. The van der Waals surface area contributed by atoms with Crippen LogP contribution in [0.15, 0.2) is 64.9 Å². The first-order valence-corrected chi connectivity index (χ1v) is 7.52. The summed E-state index contributed by atoms with van der Waals surface area (Å²) < 4.78 is 56.7. The van der Waals surface area contributed by atoms with E-state index in [2.05, 4.69) is 0 Å². The first-order chi connectivity index (χ1) is 10.4. The molecule has 2 rings (SSSR count). The third kappa shape index (κ3) is 4.05. The van der Waals surface area contributed by atoms with E-state index >= 15 is 0 Å². The average molecular weight is 326 g/mol. The Labute approximate surface area is 129 Å². The maximum atomic E-state index is 13.2. The predicted octanol–water partition coefficient (Wildman–Crippen LogP) is 4.41. The van der Waals surface area contributed by atoms with Crippen molar-refractivity contribution >= 4 is 16.7 Å². The Balaban J connectivity index is 2.39. The molecule has 0 heterocycles. The molecule has 0 aromatic heterocycles. The summed E-state index contributed by atoms with van der Waals surface area (Å²) in [5.41, 5.74) is -0.991. The Morgan fingerprint density at radius 2 is 1.64 bits per heavy atom. The highest BCUT2D eigenvalue weighted by Crippen LogP contribution is 2.36. The van der Waals surface area contributed by atoms with Gasteiger partial charge in [-0.25, -0.2) is 0 Å². The number of rotatable bonds is 4. The van der Waals surface area contributed by atoms with Gasteiger partial charge in [-0.3, -0.25) is 0 Å². The predicted molar refractivity (Wildman–Crippen MR) is 79.9 cm³/mol. The summed E-state index contributed by atoms with van der Waals surface area (Å²) in [6.45, 7) is 0. The first-order valence-electron chi connectivity index (χ1n) is 6.31. The van der Waals surface area contributed by atoms with Gasteiger partial charge in [-0.2, -0.15) is 13.2 Å². The number of hydrogen-bond donors (Lipinski definition) is 0. The molecule has 116 valence electrons. The molecular weight excluding hydrogens is 313 g/mol. The van der Waals surface area contributed by atoms with Crippen LogP contribution in [0.4, 0.5) is 13.2 Å². The third-order valence-corrected chi connectivity index (χ3v) is 4.09. The summed E-state index contributed by atoms with van der Waals surface area (Å²) in [5, 5.41) is 0.733. The SMILES string of the molecule is COc1ccc(/C(=C/[S+]([O-])c2ccccc2)C(F)(F)F)cc1. The van der Waals surface area contributed by atoms with Gasteiger partial charge in [0, 0.05) is 11.2 Å². The molecule has 0 bridgehead atoms. The van der Waals surface area contributed by atoms with Crippen LogP contribution in [0.3, 0.4) is 0 Å². The Bertz CT molecular complexity index is 637. The molecular formula is C16H13F3O2S. The van der Waals surface area contributed by atoms with Crippen LogP contribution in [0.2, 0.25) is 0 Å². The fourth-order valence-corrected chi connectivity index (χ4v) is 2.84. The molecule has 0 amide bonds. The zero-order valence-corrected chi connectivity index (χ0v) is 12.4. The molecule has 0 saturated carbocycles. The Kier molecular flexibility index (Phi) is 5.15. The molecule has 0 saturated heterocycles. The molecule has 2 aromatic carbocycles. The van der Waals surface area contributed by atoms with Crippen molar-refractivity contribution in [3.63, 3.8) is 0 Å². The van der Waals surface area contributed by atoms with E-state index in [1.807, 2.05) is 0 Å². The largest absolute Gasteiger partial charge is 0.607 e. The van der Waals surface area contributed by atoms with Gasteiger partial charge in [-0.15, -0.1) is 0 Å². The maximum absolute atomic E-state index is 13.2. The second-order valence-electron chi connectivity index (χ2n) is 4.37. The van der Waals surface area contributed by atoms with Crippen LogP contribution in [-0.4, -0.2) is 17.8 Å². The molecule has 0 N–H and O–H groups in total. The van der Waals surface area contributed by atoms with E-state index in [1.165, 1.54) is 43.5 Å². The fraction of sp³-hybridized carbons (Fsp3) is 0.125. The van der Waals surface area contributed by atoms with Gasteiger partial charge < -0.3 is 9.29 Å². The number of hydrogen-bond acceptors (Lipinski definition) is 2. The second kappa shape index (κ2) is 6.89. The molecule has 2 aromatic rings. The van der Waals surface area contributed by atoms with Gasteiger partial charge in [0.2, 0.25) is 0 Å². The van der Waals surface area contributed by atoms with Crippen LogP contribution in [0.5, 0.6) is 5.75 Å². The minimum absolute atomic E-state index is 0.0578. The number of alkyl halides is 3. The van der Waals surface area contributed by atoms with Crippen molar-refractivity contribution in [2.75, 3.05) is 7.11 Å². The monoisotopic (exact) mass is 326 g/mol. The maximum Gasteiger partial charge on any atom is 0.421 e. The number of allylic oxidation sites excluding steroid dienone is 1. The lowest BCUT2D eigenvalue weighted by Gasteiger charge is -2.13. The number of ether oxygens (including phenoxy) is 1. The van der Waals surface area contributed by atoms with Crippen LogP contribution in [0, 0.1) is 0 Å². The van der Waals surface area contributed by atoms with Crippen LogP contribution < -0.4 is 4.74 Å². The average Bonchev–Trinajstić information content (AvgIpc) is 2.52. The molecule has 22 heavy (non-hydrogen) atoms. The molecule has 0 aliphatic rings.